The van der Waals surface area contributed by atoms with Crippen molar-refractivity contribution in [2.75, 3.05) is 0 Å². The summed E-state index contributed by atoms with van der Waals surface area (Å²) < 4.78 is 0. The van der Waals surface area contributed by atoms with E-state index in [2.05, 4.69) is 42.5 Å². The Kier molecular flexibility index (Phi) is 3.86. The largest absolute Gasteiger partial charge is 0.289 e. The molecule has 5 rings (SSSR count). The van der Waals surface area contributed by atoms with Crippen molar-refractivity contribution in [2.24, 2.45) is 0 Å². The lowest BCUT2D eigenvalue weighted by Gasteiger charge is -2.09. The van der Waals surface area contributed by atoms with E-state index in [1.54, 1.807) is 0 Å². The number of hydrogen-bond donors (Lipinski definition) is 0. The van der Waals surface area contributed by atoms with Crippen LogP contribution in [-0.2, 0) is 12.7 Å². The molecule has 27 heavy (non-hydrogen) atoms. The van der Waals surface area contributed by atoms with Crippen molar-refractivity contribution in [3.8, 4) is 0 Å². The maximum Gasteiger partial charge on any atom is 0.192 e. The number of carbonyl (C=O) groups excluding carboxylic acids is 1. The monoisotopic (exact) mass is 347 g/mol. The zero-order valence-corrected chi connectivity index (χ0v) is 15.0. The second-order valence-corrected chi connectivity index (χ2v) is 7.15. The van der Waals surface area contributed by atoms with E-state index in [1.165, 1.54) is 0 Å². The summed E-state index contributed by atoms with van der Waals surface area (Å²) in [5.74, 6) is 0.145. The lowest BCUT2D eigenvalue weighted by molar-refractivity contribution is 0.103. The second kappa shape index (κ2) is 6.51. The molecule has 0 atom stereocenters. The van der Waals surface area contributed by atoms with Gasteiger partial charge in [-0.1, -0.05) is 66.1 Å². The number of carbonyl (C=O) groups is 1. The van der Waals surface area contributed by atoms with E-state index in [4.69, 9.17) is 4.98 Å². The lowest BCUT2D eigenvalue weighted by Crippen LogP contribution is -2.21. The molecule has 0 N–H and O–H groups in total. The maximum absolute atomic E-state index is 13.1. The molecule has 128 valence electrons. The minimum Gasteiger partial charge on any atom is -0.289 e. The Balaban J connectivity index is 1.51. The predicted octanol–water partition coefficient (Wildman–Crippen LogP) is 3.63. The van der Waals surface area contributed by atoms with Crippen LogP contribution >= 0.6 is 0 Å². The van der Waals surface area contributed by atoms with E-state index in [-0.39, 0.29) is 5.78 Å². The van der Waals surface area contributed by atoms with Gasteiger partial charge in [-0.3, -0.25) is 9.78 Å². The molecule has 2 heterocycles. The minimum absolute atomic E-state index is 0.145. The Bertz CT molecular complexity index is 1180. The van der Waals surface area contributed by atoms with Crippen LogP contribution in [0, 0.1) is 0 Å². The van der Waals surface area contributed by atoms with E-state index in [1.807, 2.05) is 36.4 Å². The summed E-state index contributed by atoms with van der Waals surface area (Å²) in [4.78, 5) is 17.9. The predicted molar refractivity (Wildman–Crippen MR) is 111 cm³/mol. The molecule has 0 saturated carbocycles. The van der Waals surface area contributed by atoms with Crippen LogP contribution in [0.25, 0.3) is 10.9 Å². The number of nitrogens with zero attached hydrogens (tertiary/aromatic N) is 1. The van der Waals surface area contributed by atoms with Gasteiger partial charge in [0.05, 0.1) is 5.52 Å². The quantitative estimate of drug-likeness (QED) is 0.519. The standard InChI is InChI=1S/C24H18BNO/c27-24-20-7-3-1-6-18(20)15-25-22-12-9-16(14-21(22)24)13-19-11-10-17-5-2-4-8-23(17)26-19/h1-12,14,25H,13,15H2. The third-order valence-corrected chi connectivity index (χ3v) is 5.39. The second-order valence-electron chi connectivity index (χ2n) is 7.15. The van der Waals surface area contributed by atoms with Crippen LogP contribution in [0.2, 0.25) is 0 Å². The zero-order chi connectivity index (χ0) is 18.2. The van der Waals surface area contributed by atoms with Gasteiger partial charge in [-0.05, 0) is 35.6 Å². The molecule has 3 heteroatoms. The molecule has 0 saturated heterocycles. The molecule has 3 aromatic carbocycles. The van der Waals surface area contributed by atoms with E-state index in [0.29, 0.717) is 0 Å². The molecule has 0 bridgehead atoms. The summed E-state index contributed by atoms with van der Waals surface area (Å²) in [5, 5.41) is 1.15. The molecular formula is C24H18BNO. The molecule has 0 radical (unpaired) electrons. The third kappa shape index (κ3) is 2.95. The normalized spacial score (nSPS) is 12.8. The van der Waals surface area contributed by atoms with Crippen LogP contribution in [0.15, 0.2) is 78.9 Å². The Morgan fingerprint density at radius 2 is 1.70 bits per heavy atom. The number of rotatable bonds is 2. The van der Waals surface area contributed by atoms with Crippen LogP contribution < -0.4 is 5.46 Å². The van der Waals surface area contributed by atoms with Gasteiger partial charge in [-0.2, -0.15) is 0 Å². The topological polar surface area (TPSA) is 30.0 Å². The SMILES string of the molecule is O=C1c2cc(Cc3ccc4ccccc4n3)ccc2BCc2ccccc21. The first-order valence-corrected chi connectivity index (χ1v) is 9.37. The van der Waals surface area contributed by atoms with Gasteiger partial charge >= 0.3 is 0 Å². The van der Waals surface area contributed by atoms with Gasteiger partial charge in [-0.15, -0.1) is 0 Å². The van der Waals surface area contributed by atoms with E-state index >= 15 is 0 Å². The number of aromatic nitrogens is 1. The summed E-state index contributed by atoms with van der Waals surface area (Å²) in [6.07, 6.45) is 1.65. The molecule has 0 aliphatic carbocycles. The number of pyridine rings is 1. The van der Waals surface area contributed by atoms with Crippen molar-refractivity contribution >= 4 is 29.4 Å². The van der Waals surface area contributed by atoms with Crippen LogP contribution in [0.1, 0.15) is 32.7 Å². The Labute approximate surface area is 159 Å². The Hall–Kier alpha value is -3.20. The zero-order valence-electron chi connectivity index (χ0n) is 15.0. The van der Waals surface area contributed by atoms with Crippen molar-refractivity contribution in [2.45, 2.75) is 12.7 Å². The van der Waals surface area contributed by atoms with Gasteiger partial charge in [0.25, 0.3) is 0 Å². The maximum atomic E-state index is 13.1. The van der Waals surface area contributed by atoms with Gasteiger partial charge < -0.3 is 0 Å². The average Bonchev–Trinajstić information content (AvgIpc) is 2.85. The molecule has 0 fully saturated rings. The Morgan fingerprint density at radius 1 is 0.852 bits per heavy atom. The highest BCUT2D eigenvalue weighted by molar-refractivity contribution is 6.56. The van der Waals surface area contributed by atoms with Gasteiger partial charge in [0.1, 0.15) is 0 Å². The van der Waals surface area contributed by atoms with Gasteiger partial charge in [0.2, 0.25) is 0 Å². The van der Waals surface area contributed by atoms with Crippen molar-refractivity contribution in [3.05, 3.63) is 107 Å². The van der Waals surface area contributed by atoms with Crippen molar-refractivity contribution in [3.63, 3.8) is 0 Å². The number of fused-ring (bicyclic) bond motifs is 3. The minimum atomic E-state index is 0.145. The highest BCUT2D eigenvalue weighted by Crippen LogP contribution is 2.20. The molecule has 4 aromatic rings. The van der Waals surface area contributed by atoms with E-state index < -0.39 is 0 Å². The highest BCUT2D eigenvalue weighted by atomic mass is 16.1. The fourth-order valence-corrected chi connectivity index (χ4v) is 3.95. The molecule has 2 nitrogen and oxygen atoms in total. The van der Waals surface area contributed by atoms with Gasteiger partial charge in [-0.25, -0.2) is 0 Å². The number of para-hydroxylation sites is 1. The fraction of sp³-hybridized carbons (Fsp3) is 0.0833. The van der Waals surface area contributed by atoms with Crippen molar-refractivity contribution < 1.29 is 4.79 Å². The summed E-state index contributed by atoms with van der Waals surface area (Å²) in [5.41, 5.74) is 7.15. The van der Waals surface area contributed by atoms with Crippen LogP contribution in [-0.4, -0.2) is 18.0 Å². The number of hydrogen-bond acceptors (Lipinski definition) is 2. The van der Waals surface area contributed by atoms with Crippen molar-refractivity contribution in [1.82, 2.24) is 4.98 Å². The lowest BCUT2D eigenvalue weighted by atomic mass is 9.65. The highest BCUT2D eigenvalue weighted by Gasteiger charge is 2.21. The first-order chi connectivity index (χ1) is 13.3. The first-order valence-electron chi connectivity index (χ1n) is 9.37. The number of ketones is 1. The molecule has 0 amide bonds. The molecule has 1 aliphatic rings. The molecule has 0 spiro atoms. The summed E-state index contributed by atoms with van der Waals surface area (Å²) >= 11 is 0. The number of benzene rings is 3. The summed E-state index contributed by atoms with van der Waals surface area (Å²) in [7, 11) is 0.909. The molecule has 1 aromatic heterocycles. The fourth-order valence-electron chi connectivity index (χ4n) is 3.95. The summed E-state index contributed by atoms with van der Waals surface area (Å²) in [6, 6.07) is 26.6. The molecular weight excluding hydrogens is 329 g/mol. The molecule has 0 unspecified atom stereocenters. The van der Waals surface area contributed by atoms with Crippen LogP contribution in [0.5, 0.6) is 0 Å². The van der Waals surface area contributed by atoms with Crippen LogP contribution in [0.4, 0.5) is 0 Å². The first kappa shape index (κ1) is 16.0. The third-order valence-electron chi connectivity index (χ3n) is 5.39. The molecule has 1 aliphatic heterocycles. The smallest absolute Gasteiger partial charge is 0.192 e. The van der Waals surface area contributed by atoms with Crippen molar-refractivity contribution in [1.29, 1.82) is 0 Å². The Morgan fingerprint density at radius 3 is 2.67 bits per heavy atom. The van der Waals surface area contributed by atoms with E-state index in [0.717, 1.165) is 64.3 Å². The van der Waals surface area contributed by atoms with Gasteiger partial charge in [0.15, 0.2) is 13.1 Å². The van der Waals surface area contributed by atoms with Gasteiger partial charge in [0, 0.05) is 28.6 Å². The summed E-state index contributed by atoms with van der Waals surface area (Å²) in [6.45, 7) is 0. The van der Waals surface area contributed by atoms with Crippen LogP contribution in [0.3, 0.4) is 0 Å². The average molecular weight is 347 g/mol. The van der Waals surface area contributed by atoms with E-state index in [9.17, 15) is 4.79 Å².